The van der Waals surface area contributed by atoms with Crippen molar-refractivity contribution in [3.05, 3.63) is 35.4 Å². The molecule has 1 rings (SSSR count). The maximum absolute atomic E-state index is 3.52. The fourth-order valence-corrected chi connectivity index (χ4v) is 2.87. The Kier molecular flexibility index (Phi) is 9.05. The van der Waals surface area contributed by atoms with Crippen molar-refractivity contribution in [1.29, 1.82) is 0 Å². The van der Waals surface area contributed by atoms with Gasteiger partial charge in [-0.2, -0.15) is 11.8 Å². The van der Waals surface area contributed by atoms with Gasteiger partial charge >= 0.3 is 0 Å². The minimum absolute atomic E-state index is 0.639. The molecule has 0 aromatic heterocycles. The van der Waals surface area contributed by atoms with Gasteiger partial charge in [0.05, 0.1) is 0 Å². The van der Waals surface area contributed by atoms with Gasteiger partial charge < -0.3 is 5.32 Å². The predicted octanol–water partition coefficient (Wildman–Crippen LogP) is 4.01. The SMILES string of the molecule is CSCCC(C)N(C)Cc1cccc(CNCC(C)C)c1. The van der Waals surface area contributed by atoms with E-state index in [1.807, 2.05) is 11.8 Å². The van der Waals surface area contributed by atoms with Crippen LogP contribution in [-0.4, -0.2) is 36.5 Å². The molecule has 0 amide bonds. The van der Waals surface area contributed by atoms with Crippen LogP contribution in [0.5, 0.6) is 0 Å². The second-order valence-electron chi connectivity index (χ2n) is 6.39. The van der Waals surface area contributed by atoms with Crippen LogP contribution < -0.4 is 5.32 Å². The monoisotopic (exact) mass is 308 g/mol. The standard InChI is InChI=1S/C18H32N2S/c1-15(2)12-19-13-17-7-6-8-18(11-17)14-20(4)16(3)9-10-21-5/h6-8,11,15-16,19H,9-10,12-14H2,1-5H3. The summed E-state index contributed by atoms with van der Waals surface area (Å²) in [5, 5.41) is 3.52. The minimum atomic E-state index is 0.639. The number of hydrogen-bond acceptors (Lipinski definition) is 3. The summed E-state index contributed by atoms with van der Waals surface area (Å²) >= 11 is 1.93. The van der Waals surface area contributed by atoms with E-state index in [-0.39, 0.29) is 0 Å². The first-order chi connectivity index (χ1) is 10.0. The van der Waals surface area contributed by atoms with Crippen molar-refractivity contribution in [3.63, 3.8) is 0 Å². The fraction of sp³-hybridized carbons (Fsp3) is 0.667. The highest BCUT2D eigenvalue weighted by Gasteiger charge is 2.09. The van der Waals surface area contributed by atoms with Crippen LogP contribution in [-0.2, 0) is 13.1 Å². The number of benzene rings is 1. The Balaban J connectivity index is 2.47. The third-order valence-electron chi connectivity index (χ3n) is 3.80. The fourth-order valence-electron chi connectivity index (χ4n) is 2.30. The number of nitrogens with zero attached hydrogens (tertiary/aromatic N) is 1. The number of hydrogen-bond donors (Lipinski definition) is 1. The third kappa shape index (κ3) is 7.89. The zero-order valence-electron chi connectivity index (χ0n) is 14.4. The van der Waals surface area contributed by atoms with Crippen LogP contribution in [0.4, 0.5) is 0 Å². The normalized spacial score (nSPS) is 13.1. The van der Waals surface area contributed by atoms with Crippen molar-refractivity contribution < 1.29 is 0 Å². The lowest BCUT2D eigenvalue weighted by Gasteiger charge is -2.24. The minimum Gasteiger partial charge on any atom is -0.312 e. The predicted molar refractivity (Wildman–Crippen MR) is 96.9 cm³/mol. The summed E-state index contributed by atoms with van der Waals surface area (Å²) < 4.78 is 0. The molecular weight excluding hydrogens is 276 g/mol. The maximum Gasteiger partial charge on any atom is 0.0233 e. The average molecular weight is 309 g/mol. The lowest BCUT2D eigenvalue weighted by atomic mass is 10.1. The van der Waals surface area contributed by atoms with Crippen LogP contribution in [0.3, 0.4) is 0 Å². The van der Waals surface area contributed by atoms with Gasteiger partial charge in [0.25, 0.3) is 0 Å². The molecule has 1 atom stereocenters. The van der Waals surface area contributed by atoms with E-state index in [0.29, 0.717) is 12.0 Å². The van der Waals surface area contributed by atoms with Gasteiger partial charge in [-0.25, -0.2) is 0 Å². The first-order valence-electron chi connectivity index (χ1n) is 8.00. The Bertz CT molecular complexity index is 393. The molecule has 0 bridgehead atoms. The zero-order valence-corrected chi connectivity index (χ0v) is 15.2. The molecule has 21 heavy (non-hydrogen) atoms. The van der Waals surface area contributed by atoms with Crippen molar-refractivity contribution in [2.75, 3.05) is 25.6 Å². The van der Waals surface area contributed by atoms with E-state index < -0.39 is 0 Å². The molecule has 0 spiro atoms. The maximum atomic E-state index is 3.52. The van der Waals surface area contributed by atoms with Gasteiger partial charge in [0, 0.05) is 19.1 Å². The molecule has 0 fully saturated rings. The molecule has 0 aliphatic rings. The van der Waals surface area contributed by atoms with E-state index in [1.54, 1.807) is 0 Å². The van der Waals surface area contributed by atoms with Crippen molar-refractivity contribution in [2.45, 2.75) is 46.3 Å². The van der Waals surface area contributed by atoms with Gasteiger partial charge in [-0.1, -0.05) is 38.1 Å². The highest BCUT2D eigenvalue weighted by atomic mass is 32.2. The van der Waals surface area contributed by atoms with E-state index in [4.69, 9.17) is 0 Å². The molecule has 0 heterocycles. The van der Waals surface area contributed by atoms with Gasteiger partial charge in [-0.3, -0.25) is 4.90 Å². The molecule has 0 saturated heterocycles. The van der Waals surface area contributed by atoms with Crippen LogP contribution in [0.15, 0.2) is 24.3 Å². The summed E-state index contributed by atoms with van der Waals surface area (Å²) in [6.45, 7) is 9.90. The molecule has 1 aromatic rings. The molecule has 0 radical (unpaired) electrons. The number of nitrogens with one attached hydrogen (secondary N) is 1. The largest absolute Gasteiger partial charge is 0.312 e. The summed E-state index contributed by atoms with van der Waals surface area (Å²) in [5.41, 5.74) is 2.80. The zero-order chi connectivity index (χ0) is 15.7. The van der Waals surface area contributed by atoms with Crippen molar-refractivity contribution in [2.24, 2.45) is 5.92 Å². The summed E-state index contributed by atoms with van der Waals surface area (Å²) in [4.78, 5) is 2.46. The van der Waals surface area contributed by atoms with Crippen LogP contribution in [0.1, 0.15) is 38.3 Å². The first kappa shape index (κ1) is 18.5. The summed E-state index contributed by atoms with van der Waals surface area (Å²) in [6, 6.07) is 9.62. The molecule has 1 aromatic carbocycles. The third-order valence-corrected chi connectivity index (χ3v) is 4.44. The summed E-state index contributed by atoms with van der Waals surface area (Å²) in [6.07, 6.45) is 3.44. The van der Waals surface area contributed by atoms with Gasteiger partial charge in [0.15, 0.2) is 0 Å². The lowest BCUT2D eigenvalue weighted by molar-refractivity contribution is 0.245. The molecule has 1 unspecified atom stereocenters. The molecular formula is C18H32N2S. The van der Waals surface area contributed by atoms with Gasteiger partial charge in [0.2, 0.25) is 0 Å². The van der Waals surface area contributed by atoms with Crippen LogP contribution in [0.25, 0.3) is 0 Å². The highest BCUT2D eigenvalue weighted by Crippen LogP contribution is 2.12. The second-order valence-corrected chi connectivity index (χ2v) is 7.38. The van der Waals surface area contributed by atoms with E-state index >= 15 is 0 Å². The average Bonchev–Trinajstić information content (AvgIpc) is 2.44. The molecule has 0 aliphatic heterocycles. The van der Waals surface area contributed by atoms with E-state index in [0.717, 1.165) is 19.6 Å². The molecule has 0 aliphatic carbocycles. The van der Waals surface area contributed by atoms with Crippen molar-refractivity contribution in [1.82, 2.24) is 10.2 Å². The summed E-state index contributed by atoms with van der Waals surface area (Å²) in [5.74, 6) is 1.95. The summed E-state index contributed by atoms with van der Waals surface area (Å²) in [7, 11) is 2.23. The van der Waals surface area contributed by atoms with Crippen LogP contribution >= 0.6 is 11.8 Å². The van der Waals surface area contributed by atoms with Crippen LogP contribution in [0.2, 0.25) is 0 Å². The quantitative estimate of drug-likeness (QED) is 0.703. The number of rotatable bonds is 10. The Hall–Kier alpha value is -0.510. The van der Waals surface area contributed by atoms with Crippen molar-refractivity contribution >= 4 is 11.8 Å². The Morgan fingerprint density at radius 3 is 2.57 bits per heavy atom. The Morgan fingerprint density at radius 1 is 1.19 bits per heavy atom. The topological polar surface area (TPSA) is 15.3 Å². The first-order valence-corrected chi connectivity index (χ1v) is 9.40. The molecule has 2 nitrogen and oxygen atoms in total. The van der Waals surface area contributed by atoms with E-state index in [2.05, 4.69) is 68.6 Å². The van der Waals surface area contributed by atoms with E-state index in [1.165, 1.54) is 23.3 Å². The van der Waals surface area contributed by atoms with Gasteiger partial charge in [-0.15, -0.1) is 0 Å². The molecule has 120 valence electrons. The van der Waals surface area contributed by atoms with Crippen LogP contribution in [0, 0.1) is 5.92 Å². The molecule has 0 saturated carbocycles. The van der Waals surface area contributed by atoms with E-state index in [9.17, 15) is 0 Å². The Labute approximate surface area is 135 Å². The Morgan fingerprint density at radius 2 is 1.90 bits per heavy atom. The second kappa shape index (κ2) is 10.3. The molecule has 1 N–H and O–H groups in total. The smallest absolute Gasteiger partial charge is 0.0233 e. The number of thioether (sulfide) groups is 1. The van der Waals surface area contributed by atoms with Crippen molar-refractivity contribution in [3.8, 4) is 0 Å². The highest BCUT2D eigenvalue weighted by molar-refractivity contribution is 7.98. The van der Waals surface area contributed by atoms with Gasteiger partial charge in [0.1, 0.15) is 0 Å². The van der Waals surface area contributed by atoms with Gasteiger partial charge in [-0.05, 0) is 56.0 Å². The lowest BCUT2D eigenvalue weighted by Crippen LogP contribution is -2.29. The molecule has 3 heteroatoms.